The Morgan fingerprint density at radius 2 is 2.15 bits per heavy atom. The van der Waals surface area contributed by atoms with E-state index in [4.69, 9.17) is 9.56 Å². The summed E-state index contributed by atoms with van der Waals surface area (Å²) >= 11 is 0. The molecule has 0 spiro atoms. The zero-order chi connectivity index (χ0) is 9.47. The van der Waals surface area contributed by atoms with Gasteiger partial charge in [0.2, 0.25) is 0 Å². The molecule has 0 aliphatic heterocycles. The van der Waals surface area contributed by atoms with E-state index in [1.165, 1.54) is 18.7 Å². The molecule has 13 heavy (non-hydrogen) atoms. The normalized spacial score (nSPS) is 12.1. The van der Waals surface area contributed by atoms with Gasteiger partial charge in [0.15, 0.2) is 5.03 Å². The molecular formula is C7H6N2O3S. The lowest BCUT2D eigenvalue weighted by molar-refractivity contribution is 0.571. The van der Waals surface area contributed by atoms with Gasteiger partial charge in [-0.1, -0.05) is 0 Å². The van der Waals surface area contributed by atoms with Crippen LogP contribution in [0.5, 0.6) is 0 Å². The van der Waals surface area contributed by atoms with Gasteiger partial charge in [-0.3, -0.25) is 0 Å². The summed E-state index contributed by atoms with van der Waals surface area (Å²) in [6.07, 6.45) is 4.12. The number of primary sulfonamides is 1. The van der Waals surface area contributed by atoms with E-state index in [1.807, 2.05) is 0 Å². The van der Waals surface area contributed by atoms with E-state index < -0.39 is 10.0 Å². The molecule has 0 fully saturated rings. The first kappa shape index (κ1) is 8.21. The molecule has 2 aromatic heterocycles. The smallest absolute Gasteiger partial charge is 0.256 e. The Hall–Kier alpha value is -1.40. The first-order valence-corrected chi connectivity index (χ1v) is 4.97. The zero-order valence-electron chi connectivity index (χ0n) is 6.47. The van der Waals surface area contributed by atoms with E-state index in [9.17, 15) is 8.42 Å². The molecule has 0 aromatic carbocycles. The van der Waals surface area contributed by atoms with E-state index >= 15 is 0 Å². The SMILES string of the molecule is NS(=O)(=O)c1nccc2cocc12. The van der Waals surface area contributed by atoms with E-state index in [0.29, 0.717) is 10.8 Å². The highest BCUT2D eigenvalue weighted by molar-refractivity contribution is 7.89. The number of hydrogen-bond donors (Lipinski definition) is 1. The molecule has 0 atom stereocenters. The summed E-state index contributed by atoms with van der Waals surface area (Å²) in [4.78, 5) is 3.68. The van der Waals surface area contributed by atoms with Crippen LogP contribution >= 0.6 is 0 Å². The van der Waals surface area contributed by atoms with Crippen LogP contribution in [0.2, 0.25) is 0 Å². The van der Waals surface area contributed by atoms with Gasteiger partial charge in [0.05, 0.1) is 11.6 Å². The minimum atomic E-state index is -3.77. The molecule has 6 heteroatoms. The molecule has 0 saturated carbocycles. The van der Waals surface area contributed by atoms with Crippen molar-refractivity contribution in [1.29, 1.82) is 0 Å². The largest absolute Gasteiger partial charge is 0.471 e. The van der Waals surface area contributed by atoms with E-state index in [1.54, 1.807) is 6.07 Å². The number of fused-ring (bicyclic) bond motifs is 1. The first-order chi connectivity index (χ1) is 6.09. The van der Waals surface area contributed by atoms with Gasteiger partial charge in [-0.15, -0.1) is 0 Å². The summed E-state index contributed by atoms with van der Waals surface area (Å²) < 4.78 is 26.9. The topological polar surface area (TPSA) is 86.2 Å². The zero-order valence-corrected chi connectivity index (χ0v) is 7.28. The summed E-state index contributed by atoms with van der Waals surface area (Å²) in [5.41, 5.74) is 0. The van der Waals surface area contributed by atoms with E-state index in [2.05, 4.69) is 4.98 Å². The maximum absolute atomic E-state index is 11.0. The Kier molecular flexibility index (Phi) is 1.61. The fraction of sp³-hybridized carbons (Fsp3) is 0. The summed E-state index contributed by atoms with van der Waals surface area (Å²) in [6.45, 7) is 0. The lowest BCUT2D eigenvalue weighted by Crippen LogP contribution is -2.13. The van der Waals surface area contributed by atoms with Crippen LogP contribution in [-0.2, 0) is 10.0 Å². The van der Waals surface area contributed by atoms with Crippen molar-refractivity contribution in [3.8, 4) is 0 Å². The van der Waals surface area contributed by atoms with Gasteiger partial charge in [-0.05, 0) is 6.07 Å². The van der Waals surface area contributed by atoms with Crippen molar-refractivity contribution in [2.75, 3.05) is 0 Å². The van der Waals surface area contributed by atoms with E-state index in [-0.39, 0.29) is 5.03 Å². The predicted molar refractivity (Wildman–Crippen MR) is 45.4 cm³/mol. The Balaban J connectivity index is 2.91. The Morgan fingerprint density at radius 1 is 1.38 bits per heavy atom. The highest BCUT2D eigenvalue weighted by Gasteiger charge is 2.14. The van der Waals surface area contributed by atoms with Crippen LogP contribution in [0, 0.1) is 0 Å². The molecule has 68 valence electrons. The van der Waals surface area contributed by atoms with Gasteiger partial charge < -0.3 is 4.42 Å². The summed E-state index contributed by atoms with van der Waals surface area (Å²) in [5.74, 6) is 0. The van der Waals surface area contributed by atoms with Gasteiger partial charge >= 0.3 is 0 Å². The molecule has 0 bridgehead atoms. The van der Waals surface area contributed by atoms with Crippen LogP contribution < -0.4 is 5.14 Å². The molecule has 2 rings (SSSR count). The third-order valence-corrected chi connectivity index (χ3v) is 2.50. The molecule has 2 heterocycles. The maximum atomic E-state index is 11.0. The lowest BCUT2D eigenvalue weighted by Gasteiger charge is -1.96. The summed E-state index contributed by atoms with van der Waals surface area (Å²) in [6, 6.07) is 1.65. The Labute approximate surface area is 74.2 Å². The number of furan rings is 1. The van der Waals surface area contributed by atoms with Gasteiger partial charge in [0, 0.05) is 11.6 Å². The second-order valence-electron chi connectivity index (χ2n) is 2.54. The minimum Gasteiger partial charge on any atom is -0.471 e. The van der Waals surface area contributed by atoms with Crippen LogP contribution in [0.1, 0.15) is 0 Å². The summed E-state index contributed by atoms with van der Waals surface area (Å²) in [5, 5.41) is 5.87. The number of nitrogens with zero attached hydrogens (tertiary/aromatic N) is 1. The fourth-order valence-electron chi connectivity index (χ4n) is 1.09. The average molecular weight is 198 g/mol. The van der Waals surface area contributed by atoms with Crippen LogP contribution in [0.3, 0.4) is 0 Å². The standard InChI is InChI=1S/C7H6N2O3S/c8-13(10,11)7-6-4-12-3-5(6)1-2-9-7/h1-4H,(H2,8,10,11). The quantitative estimate of drug-likeness (QED) is 0.721. The highest BCUT2D eigenvalue weighted by atomic mass is 32.2. The van der Waals surface area contributed by atoms with Crippen molar-refractivity contribution in [2.24, 2.45) is 5.14 Å². The van der Waals surface area contributed by atoms with Gasteiger partial charge in [-0.2, -0.15) is 0 Å². The molecular weight excluding hydrogens is 192 g/mol. The van der Waals surface area contributed by atoms with Crippen molar-refractivity contribution < 1.29 is 12.8 Å². The second-order valence-corrected chi connectivity index (χ2v) is 4.01. The van der Waals surface area contributed by atoms with Crippen LogP contribution in [-0.4, -0.2) is 13.4 Å². The van der Waals surface area contributed by atoms with E-state index in [0.717, 1.165) is 0 Å². The number of nitrogens with two attached hydrogens (primary N) is 1. The van der Waals surface area contributed by atoms with Crippen LogP contribution in [0.25, 0.3) is 10.8 Å². The first-order valence-electron chi connectivity index (χ1n) is 3.43. The van der Waals surface area contributed by atoms with Crippen molar-refractivity contribution in [1.82, 2.24) is 4.98 Å². The molecule has 0 unspecified atom stereocenters. The average Bonchev–Trinajstić information content (AvgIpc) is 2.48. The van der Waals surface area contributed by atoms with Crippen molar-refractivity contribution >= 4 is 20.8 Å². The third-order valence-electron chi connectivity index (χ3n) is 1.64. The molecule has 5 nitrogen and oxygen atoms in total. The Morgan fingerprint density at radius 3 is 2.85 bits per heavy atom. The maximum Gasteiger partial charge on any atom is 0.256 e. The van der Waals surface area contributed by atoms with Crippen molar-refractivity contribution in [3.63, 3.8) is 0 Å². The molecule has 2 aromatic rings. The Bertz CT molecular complexity index is 544. The van der Waals surface area contributed by atoms with Crippen molar-refractivity contribution in [2.45, 2.75) is 5.03 Å². The number of pyridine rings is 1. The number of sulfonamides is 1. The molecule has 0 aliphatic carbocycles. The number of rotatable bonds is 1. The third kappa shape index (κ3) is 1.30. The lowest BCUT2D eigenvalue weighted by atomic mass is 10.3. The predicted octanol–water partition coefficient (Wildman–Crippen LogP) is 0.475. The number of hydrogen-bond acceptors (Lipinski definition) is 4. The van der Waals surface area contributed by atoms with Gasteiger partial charge in [-0.25, -0.2) is 18.5 Å². The molecule has 0 aliphatic rings. The molecule has 0 amide bonds. The highest BCUT2D eigenvalue weighted by Crippen LogP contribution is 2.20. The monoisotopic (exact) mass is 198 g/mol. The van der Waals surface area contributed by atoms with Gasteiger partial charge in [0.25, 0.3) is 10.0 Å². The minimum absolute atomic E-state index is 0.154. The molecule has 0 saturated heterocycles. The molecule has 0 radical (unpaired) electrons. The summed E-state index contributed by atoms with van der Waals surface area (Å²) in [7, 11) is -3.77. The molecule has 2 N–H and O–H groups in total. The van der Waals surface area contributed by atoms with Crippen molar-refractivity contribution in [3.05, 3.63) is 24.8 Å². The van der Waals surface area contributed by atoms with Crippen LogP contribution in [0.15, 0.2) is 34.2 Å². The second kappa shape index (κ2) is 2.54. The van der Waals surface area contributed by atoms with Gasteiger partial charge in [0.1, 0.15) is 6.26 Å². The van der Waals surface area contributed by atoms with Crippen LogP contribution in [0.4, 0.5) is 0 Å². The fourth-order valence-corrected chi connectivity index (χ4v) is 1.77. The number of aromatic nitrogens is 1.